The van der Waals surface area contributed by atoms with Crippen molar-refractivity contribution in [3.63, 3.8) is 0 Å². The number of amides is 2. The summed E-state index contributed by atoms with van der Waals surface area (Å²) < 4.78 is 0. The molecule has 5 nitrogen and oxygen atoms in total. The topological polar surface area (TPSA) is 70.2 Å². The van der Waals surface area contributed by atoms with Gasteiger partial charge in [0.15, 0.2) is 0 Å². The highest BCUT2D eigenvalue weighted by molar-refractivity contribution is 6.04. The molecular formula is C16H26ClN3O2. The van der Waals surface area contributed by atoms with Crippen LogP contribution in [0.3, 0.4) is 0 Å². The van der Waals surface area contributed by atoms with Crippen LogP contribution in [-0.4, -0.2) is 31.4 Å². The van der Waals surface area contributed by atoms with E-state index in [0.29, 0.717) is 17.8 Å². The number of halogens is 1. The van der Waals surface area contributed by atoms with Crippen molar-refractivity contribution in [1.29, 1.82) is 0 Å². The van der Waals surface area contributed by atoms with Crippen LogP contribution in [0.25, 0.3) is 0 Å². The van der Waals surface area contributed by atoms with Crippen LogP contribution in [0.1, 0.15) is 38.1 Å². The molecule has 1 aromatic carbocycles. The Morgan fingerprint density at radius 2 is 1.73 bits per heavy atom. The molecule has 0 atom stereocenters. The lowest BCUT2D eigenvalue weighted by Gasteiger charge is -2.19. The maximum atomic E-state index is 12.2. The zero-order valence-electron chi connectivity index (χ0n) is 13.7. The number of carbonyl (C=O) groups excluding carboxylic acids is 2. The number of rotatable bonds is 6. The normalized spacial score (nSPS) is 10.5. The molecule has 0 aromatic heterocycles. The van der Waals surface area contributed by atoms with E-state index in [0.717, 1.165) is 13.1 Å². The van der Waals surface area contributed by atoms with E-state index in [9.17, 15) is 9.59 Å². The molecular weight excluding hydrogens is 302 g/mol. The number of anilines is 1. The van der Waals surface area contributed by atoms with E-state index in [-0.39, 0.29) is 24.2 Å². The molecule has 0 aliphatic rings. The number of hydrogen-bond donors (Lipinski definition) is 3. The van der Waals surface area contributed by atoms with Gasteiger partial charge in [0.05, 0.1) is 11.3 Å². The van der Waals surface area contributed by atoms with Gasteiger partial charge >= 0.3 is 0 Å². The fraction of sp³-hybridized carbons (Fsp3) is 0.500. The molecule has 0 aliphatic heterocycles. The number of nitrogens with one attached hydrogen (secondary N) is 3. The molecule has 1 aromatic rings. The standard InChI is InChI=1S/C16H25N3O2.ClH/c1-5-17-10-11-18-14(20)12-8-6-7-9-13(12)19-15(21)16(2,3)4;/h6-9,17H,5,10-11H2,1-4H3,(H,18,20)(H,19,21);1H. The second-order valence-electron chi connectivity index (χ2n) is 5.86. The van der Waals surface area contributed by atoms with E-state index in [4.69, 9.17) is 0 Å². The largest absolute Gasteiger partial charge is 0.351 e. The summed E-state index contributed by atoms with van der Waals surface area (Å²) in [5, 5.41) is 8.79. The van der Waals surface area contributed by atoms with Crippen molar-refractivity contribution in [2.45, 2.75) is 27.7 Å². The number of likely N-dealkylation sites (N-methyl/N-ethyl adjacent to an activating group) is 1. The number of hydrogen-bond acceptors (Lipinski definition) is 3. The first-order chi connectivity index (χ1) is 9.86. The molecule has 0 bridgehead atoms. The lowest BCUT2D eigenvalue weighted by atomic mass is 9.95. The highest BCUT2D eigenvalue weighted by atomic mass is 35.5. The summed E-state index contributed by atoms with van der Waals surface area (Å²) in [7, 11) is 0. The minimum absolute atomic E-state index is 0. The van der Waals surface area contributed by atoms with Crippen molar-refractivity contribution >= 4 is 29.9 Å². The van der Waals surface area contributed by atoms with Gasteiger partial charge in [0.25, 0.3) is 5.91 Å². The van der Waals surface area contributed by atoms with Crippen molar-refractivity contribution in [2.75, 3.05) is 25.0 Å². The van der Waals surface area contributed by atoms with E-state index >= 15 is 0 Å². The first-order valence-corrected chi connectivity index (χ1v) is 7.25. The molecule has 0 radical (unpaired) electrons. The Kier molecular flexibility index (Phi) is 8.75. The van der Waals surface area contributed by atoms with Crippen molar-refractivity contribution in [2.24, 2.45) is 5.41 Å². The molecule has 0 fully saturated rings. The third-order valence-corrected chi connectivity index (χ3v) is 2.94. The molecule has 0 heterocycles. The van der Waals surface area contributed by atoms with Gasteiger partial charge in [-0.15, -0.1) is 12.4 Å². The van der Waals surface area contributed by atoms with Crippen LogP contribution in [-0.2, 0) is 4.79 Å². The van der Waals surface area contributed by atoms with Crippen molar-refractivity contribution < 1.29 is 9.59 Å². The fourth-order valence-corrected chi connectivity index (χ4v) is 1.64. The molecule has 0 saturated carbocycles. The van der Waals surface area contributed by atoms with Crippen LogP contribution in [0.4, 0.5) is 5.69 Å². The SMILES string of the molecule is CCNCCNC(=O)c1ccccc1NC(=O)C(C)(C)C.Cl. The highest BCUT2D eigenvalue weighted by Crippen LogP contribution is 2.20. The third-order valence-electron chi connectivity index (χ3n) is 2.94. The van der Waals surface area contributed by atoms with Crippen molar-refractivity contribution in [3.05, 3.63) is 29.8 Å². The zero-order chi connectivity index (χ0) is 15.9. The van der Waals surface area contributed by atoms with Gasteiger partial charge in [-0.2, -0.15) is 0 Å². The summed E-state index contributed by atoms with van der Waals surface area (Å²) in [4.78, 5) is 24.2. The van der Waals surface area contributed by atoms with E-state index in [1.54, 1.807) is 24.3 Å². The molecule has 0 aliphatic carbocycles. The predicted molar refractivity (Wildman–Crippen MR) is 92.7 cm³/mol. The van der Waals surface area contributed by atoms with E-state index in [1.807, 2.05) is 27.7 Å². The minimum Gasteiger partial charge on any atom is -0.351 e. The molecule has 2 amide bonds. The van der Waals surface area contributed by atoms with Crippen LogP contribution in [0, 0.1) is 5.41 Å². The minimum atomic E-state index is -0.505. The molecule has 124 valence electrons. The monoisotopic (exact) mass is 327 g/mol. The van der Waals surface area contributed by atoms with E-state index in [2.05, 4.69) is 16.0 Å². The van der Waals surface area contributed by atoms with Crippen LogP contribution in [0.15, 0.2) is 24.3 Å². The number of para-hydroxylation sites is 1. The lowest BCUT2D eigenvalue weighted by Crippen LogP contribution is -2.33. The fourth-order valence-electron chi connectivity index (χ4n) is 1.64. The molecule has 1 rings (SSSR count). The average molecular weight is 328 g/mol. The predicted octanol–water partition coefficient (Wildman–Crippen LogP) is 2.43. The van der Waals surface area contributed by atoms with Crippen LogP contribution < -0.4 is 16.0 Å². The van der Waals surface area contributed by atoms with E-state index in [1.165, 1.54) is 0 Å². The van der Waals surface area contributed by atoms with Gasteiger partial charge in [0.2, 0.25) is 5.91 Å². The molecule has 3 N–H and O–H groups in total. The van der Waals surface area contributed by atoms with Gasteiger partial charge in [0.1, 0.15) is 0 Å². The maximum absolute atomic E-state index is 12.2. The van der Waals surface area contributed by atoms with Crippen molar-refractivity contribution in [3.8, 4) is 0 Å². The van der Waals surface area contributed by atoms with Gasteiger partial charge in [0, 0.05) is 18.5 Å². The average Bonchev–Trinajstić information content (AvgIpc) is 2.43. The molecule has 22 heavy (non-hydrogen) atoms. The highest BCUT2D eigenvalue weighted by Gasteiger charge is 2.22. The van der Waals surface area contributed by atoms with E-state index < -0.39 is 5.41 Å². The Morgan fingerprint density at radius 1 is 1.09 bits per heavy atom. The maximum Gasteiger partial charge on any atom is 0.253 e. The summed E-state index contributed by atoms with van der Waals surface area (Å²) in [5.74, 6) is -0.298. The molecule has 0 spiro atoms. The van der Waals surface area contributed by atoms with Crippen LogP contribution in [0.5, 0.6) is 0 Å². The third kappa shape index (κ3) is 6.45. The molecule has 6 heteroatoms. The first-order valence-electron chi connectivity index (χ1n) is 7.25. The van der Waals surface area contributed by atoms with Gasteiger partial charge in [-0.3, -0.25) is 9.59 Å². The Morgan fingerprint density at radius 3 is 2.32 bits per heavy atom. The van der Waals surface area contributed by atoms with Gasteiger partial charge in [-0.25, -0.2) is 0 Å². The van der Waals surface area contributed by atoms with Crippen molar-refractivity contribution in [1.82, 2.24) is 10.6 Å². The first kappa shape index (κ1) is 20.4. The summed E-state index contributed by atoms with van der Waals surface area (Å²) >= 11 is 0. The molecule has 0 saturated heterocycles. The second-order valence-corrected chi connectivity index (χ2v) is 5.86. The van der Waals surface area contributed by atoms with Gasteiger partial charge in [-0.05, 0) is 18.7 Å². The molecule has 0 unspecified atom stereocenters. The summed E-state index contributed by atoms with van der Waals surface area (Å²) in [6, 6.07) is 7.03. The second kappa shape index (κ2) is 9.43. The zero-order valence-corrected chi connectivity index (χ0v) is 14.5. The Balaban J connectivity index is 0.00000441. The summed E-state index contributed by atoms with van der Waals surface area (Å²) in [6.07, 6.45) is 0. The van der Waals surface area contributed by atoms with Gasteiger partial charge in [-0.1, -0.05) is 39.8 Å². The van der Waals surface area contributed by atoms with Gasteiger partial charge < -0.3 is 16.0 Å². The van der Waals surface area contributed by atoms with Crippen LogP contribution in [0.2, 0.25) is 0 Å². The Hall–Kier alpha value is -1.59. The number of benzene rings is 1. The summed E-state index contributed by atoms with van der Waals surface area (Å²) in [5.41, 5.74) is 0.513. The smallest absolute Gasteiger partial charge is 0.253 e. The lowest BCUT2D eigenvalue weighted by molar-refractivity contribution is -0.123. The quantitative estimate of drug-likeness (QED) is 0.703. The number of carbonyl (C=O) groups is 2. The van der Waals surface area contributed by atoms with Crippen LogP contribution >= 0.6 is 12.4 Å². The summed E-state index contributed by atoms with van der Waals surface area (Å²) in [6.45, 7) is 9.66. The Bertz CT molecular complexity index is 498. The Labute approximate surface area is 138 Å².